The summed E-state index contributed by atoms with van der Waals surface area (Å²) in [5, 5.41) is 9.80. The molecule has 0 radical (unpaired) electrons. The highest BCUT2D eigenvalue weighted by atomic mass is 32.2. The van der Waals surface area contributed by atoms with E-state index in [1.807, 2.05) is 0 Å². The van der Waals surface area contributed by atoms with Crippen molar-refractivity contribution in [2.24, 2.45) is 5.73 Å². The van der Waals surface area contributed by atoms with E-state index in [2.05, 4.69) is 20.9 Å². The Hall–Kier alpha value is -2.65. The lowest BCUT2D eigenvalue weighted by molar-refractivity contribution is 0.100. The van der Waals surface area contributed by atoms with Crippen molar-refractivity contribution in [3.63, 3.8) is 0 Å². The second kappa shape index (κ2) is 7.93. The summed E-state index contributed by atoms with van der Waals surface area (Å²) in [4.78, 5) is 16.2. The summed E-state index contributed by atoms with van der Waals surface area (Å²) in [6, 6.07) is 8.40. The van der Waals surface area contributed by atoms with E-state index in [9.17, 15) is 13.2 Å². The van der Waals surface area contributed by atoms with E-state index in [0.717, 1.165) is 32.2 Å². The highest BCUT2D eigenvalue weighted by molar-refractivity contribution is 7.90. The molecule has 1 aromatic heterocycles. The van der Waals surface area contributed by atoms with E-state index >= 15 is 0 Å². The van der Waals surface area contributed by atoms with Crippen molar-refractivity contribution in [2.75, 3.05) is 30.0 Å². The Morgan fingerprint density at radius 2 is 1.89 bits per heavy atom. The zero-order valence-electron chi connectivity index (χ0n) is 15.0. The molecule has 1 amide bonds. The molecule has 2 heterocycles. The van der Waals surface area contributed by atoms with E-state index in [1.165, 1.54) is 18.3 Å². The van der Waals surface area contributed by atoms with Crippen molar-refractivity contribution in [3.05, 3.63) is 42.1 Å². The molecule has 0 bridgehead atoms. The van der Waals surface area contributed by atoms with Crippen LogP contribution in [-0.4, -0.2) is 44.7 Å². The van der Waals surface area contributed by atoms with Crippen LogP contribution in [0, 0.1) is 0 Å². The fourth-order valence-corrected chi connectivity index (χ4v) is 3.59. The molecule has 5 N–H and O–H groups in total. The fraction of sp³-hybridized carbons (Fsp3) is 0.333. The van der Waals surface area contributed by atoms with Crippen LogP contribution in [0.15, 0.2) is 41.4 Å². The van der Waals surface area contributed by atoms with Crippen LogP contribution in [0.2, 0.25) is 0 Å². The summed E-state index contributed by atoms with van der Waals surface area (Å²) in [5.41, 5.74) is 7.14. The van der Waals surface area contributed by atoms with E-state index in [0.29, 0.717) is 22.8 Å². The Bertz CT molecular complexity index is 923. The minimum absolute atomic E-state index is 0.248. The van der Waals surface area contributed by atoms with Crippen molar-refractivity contribution in [1.29, 1.82) is 0 Å². The third-order valence-electron chi connectivity index (χ3n) is 4.42. The second-order valence-electron chi connectivity index (χ2n) is 6.57. The Labute approximate surface area is 158 Å². The maximum atomic E-state index is 11.7. The van der Waals surface area contributed by atoms with E-state index < -0.39 is 15.7 Å². The quantitative estimate of drug-likeness (QED) is 0.589. The molecule has 27 heavy (non-hydrogen) atoms. The van der Waals surface area contributed by atoms with Crippen LogP contribution in [0.25, 0.3) is 0 Å². The Balaban J connectivity index is 1.81. The van der Waals surface area contributed by atoms with Gasteiger partial charge in [0.15, 0.2) is 9.84 Å². The third kappa shape index (κ3) is 4.95. The molecule has 0 unspecified atom stereocenters. The number of piperidine rings is 1. The number of carbonyl (C=O) groups excluding carboxylic acids is 1. The standard InChI is InChI=1S/C18H23N5O3S/c1-27(25,26)14-4-2-12(3-5-14)23-17-10-16(15(11-21-17)18(19)24)22-13-6-8-20-9-7-13/h2-5,10-11,13,20H,6-9H2,1H3,(H2,19,24)(H2,21,22,23). The Kier molecular flexibility index (Phi) is 5.62. The molecule has 1 saturated heterocycles. The molecule has 0 spiro atoms. The summed E-state index contributed by atoms with van der Waals surface area (Å²) >= 11 is 0. The number of aromatic nitrogens is 1. The highest BCUT2D eigenvalue weighted by Gasteiger charge is 2.17. The van der Waals surface area contributed by atoms with Gasteiger partial charge in [-0.3, -0.25) is 4.79 Å². The number of rotatable bonds is 6. The number of carbonyl (C=O) groups is 1. The third-order valence-corrected chi connectivity index (χ3v) is 5.55. The summed E-state index contributed by atoms with van der Waals surface area (Å²) in [6.07, 6.45) is 4.52. The van der Waals surface area contributed by atoms with Crippen LogP contribution < -0.4 is 21.7 Å². The van der Waals surface area contributed by atoms with Crippen LogP contribution in [0.3, 0.4) is 0 Å². The largest absolute Gasteiger partial charge is 0.381 e. The van der Waals surface area contributed by atoms with Gasteiger partial charge in [0.25, 0.3) is 5.91 Å². The van der Waals surface area contributed by atoms with Crippen LogP contribution in [-0.2, 0) is 9.84 Å². The number of primary amides is 1. The number of nitrogens with two attached hydrogens (primary N) is 1. The number of benzene rings is 1. The molecule has 1 fully saturated rings. The van der Waals surface area contributed by atoms with Gasteiger partial charge in [-0.15, -0.1) is 0 Å². The van der Waals surface area contributed by atoms with Gasteiger partial charge in [-0.1, -0.05) is 0 Å². The van der Waals surface area contributed by atoms with Gasteiger partial charge in [0, 0.05) is 30.2 Å². The van der Waals surface area contributed by atoms with Crippen molar-refractivity contribution in [1.82, 2.24) is 10.3 Å². The highest BCUT2D eigenvalue weighted by Crippen LogP contribution is 2.24. The predicted octanol–water partition coefficient (Wildman–Crippen LogP) is 1.49. The summed E-state index contributed by atoms with van der Waals surface area (Å²) < 4.78 is 23.1. The van der Waals surface area contributed by atoms with Crippen LogP contribution >= 0.6 is 0 Å². The molecule has 2 aromatic rings. The van der Waals surface area contributed by atoms with Gasteiger partial charge in [0.05, 0.1) is 16.1 Å². The van der Waals surface area contributed by atoms with Crippen molar-refractivity contribution < 1.29 is 13.2 Å². The number of pyridine rings is 1. The molecule has 8 nitrogen and oxygen atoms in total. The molecule has 9 heteroatoms. The zero-order chi connectivity index (χ0) is 19.4. The number of hydrogen-bond acceptors (Lipinski definition) is 7. The van der Waals surface area contributed by atoms with Gasteiger partial charge in [-0.05, 0) is 50.2 Å². The average molecular weight is 389 g/mol. The minimum Gasteiger partial charge on any atom is -0.381 e. The molecule has 1 aliphatic heterocycles. The van der Waals surface area contributed by atoms with Crippen molar-refractivity contribution >= 4 is 32.9 Å². The minimum atomic E-state index is -3.24. The van der Waals surface area contributed by atoms with Gasteiger partial charge in [0.2, 0.25) is 0 Å². The number of amides is 1. The molecule has 144 valence electrons. The molecule has 3 rings (SSSR count). The zero-order valence-corrected chi connectivity index (χ0v) is 15.8. The van der Waals surface area contributed by atoms with Gasteiger partial charge in [0.1, 0.15) is 5.82 Å². The molecule has 1 aliphatic rings. The molecule has 0 aliphatic carbocycles. The number of sulfone groups is 1. The number of nitrogens with one attached hydrogen (secondary N) is 3. The molecule has 1 aromatic carbocycles. The maximum absolute atomic E-state index is 11.7. The number of anilines is 3. The van der Waals surface area contributed by atoms with E-state index in [-0.39, 0.29) is 10.9 Å². The first-order valence-electron chi connectivity index (χ1n) is 8.67. The topological polar surface area (TPSA) is 126 Å². The van der Waals surface area contributed by atoms with Gasteiger partial charge < -0.3 is 21.7 Å². The summed E-state index contributed by atoms with van der Waals surface area (Å²) in [5.74, 6) is -0.00784. The molecular formula is C18H23N5O3S. The normalized spacial score (nSPS) is 15.3. The first kappa shape index (κ1) is 19.1. The average Bonchev–Trinajstić information content (AvgIpc) is 2.62. The first-order chi connectivity index (χ1) is 12.8. The smallest absolute Gasteiger partial charge is 0.252 e. The van der Waals surface area contributed by atoms with Crippen LogP contribution in [0.4, 0.5) is 17.2 Å². The molecular weight excluding hydrogens is 366 g/mol. The van der Waals surface area contributed by atoms with E-state index in [1.54, 1.807) is 18.2 Å². The lowest BCUT2D eigenvalue weighted by atomic mass is 10.1. The van der Waals surface area contributed by atoms with Gasteiger partial charge >= 0.3 is 0 Å². The lowest BCUT2D eigenvalue weighted by Crippen LogP contribution is -2.35. The molecule has 0 saturated carbocycles. The van der Waals surface area contributed by atoms with Crippen molar-refractivity contribution in [3.8, 4) is 0 Å². The Morgan fingerprint density at radius 3 is 2.48 bits per heavy atom. The van der Waals surface area contributed by atoms with E-state index in [4.69, 9.17) is 5.73 Å². The maximum Gasteiger partial charge on any atom is 0.252 e. The second-order valence-corrected chi connectivity index (χ2v) is 8.59. The monoisotopic (exact) mass is 389 g/mol. The predicted molar refractivity (Wildman–Crippen MR) is 105 cm³/mol. The van der Waals surface area contributed by atoms with Gasteiger partial charge in [-0.2, -0.15) is 0 Å². The molecule has 0 atom stereocenters. The lowest BCUT2D eigenvalue weighted by Gasteiger charge is -2.25. The summed E-state index contributed by atoms with van der Waals surface area (Å²) in [6.45, 7) is 1.85. The van der Waals surface area contributed by atoms with Gasteiger partial charge in [-0.25, -0.2) is 13.4 Å². The Morgan fingerprint density at radius 1 is 1.22 bits per heavy atom. The van der Waals surface area contributed by atoms with Crippen LogP contribution in [0.5, 0.6) is 0 Å². The number of nitrogens with zero attached hydrogens (tertiary/aromatic N) is 1. The van der Waals surface area contributed by atoms with Crippen LogP contribution in [0.1, 0.15) is 23.2 Å². The van der Waals surface area contributed by atoms with Crippen molar-refractivity contribution in [2.45, 2.75) is 23.8 Å². The number of hydrogen-bond donors (Lipinski definition) is 4. The summed E-state index contributed by atoms with van der Waals surface area (Å²) in [7, 11) is -3.24. The fourth-order valence-electron chi connectivity index (χ4n) is 2.96. The SMILES string of the molecule is CS(=O)(=O)c1ccc(Nc2cc(NC3CCNCC3)c(C(N)=O)cn2)cc1. The first-order valence-corrected chi connectivity index (χ1v) is 10.6.